The van der Waals surface area contributed by atoms with E-state index >= 15 is 0 Å². The molecule has 2 aromatic heterocycles. The molecule has 0 bridgehead atoms. The Morgan fingerprint density at radius 3 is 2.38 bits per heavy atom. The lowest BCUT2D eigenvalue weighted by Crippen LogP contribution is -2.08. The second kappa shape index (κ2) is 6.65. The summed E-state index contributed by atoms with van der Waals surface area (Å²) in [6, 6.07) is 11.1. The van der Waals surface area contributed by atoms with Crippen LogP contribution < -0.4 is 5.73 Å². The van der Waals surface area contributed by atoms with Crippen LogP contribution in [0.2, 0.25) is 0 Å². The minimum absolute atomic E-state index is 0. The number of pyridine rings is 2. The van der Waals surface area contributed by atoms with Crippen molar-refractivity contribution < 1.29 is 13.2 Å². The zero-order chi connectivity index (χ0) is 16.6. The van der Waals surface area contributed by atoms with Gasteiger partial charge in [0.15, 0.2) is 0 Å². The summed E-state index contributed by atoms with van der Waals surface area (Å²) in [7, 11) is 0. The van der Waals surface area contributed by atoms with E-state index in [0.717, 1.165) is 17.3 Å². The molecule has 0 amide bonds. The van der Waals surface area contributed by atoms with Crippen molar-refractivity contribution in [2.45, 2.75) is 19.5 Å². The van der Waals surface area contributed by atoms with Gasteiger partial charge in [-0.25, -0.2) is 9.97 Å². The predicted octanol–water partition coefficient (Wildman–Crippen LogP) is 4.88. The van der Waals surface area contributed by atoms with Crippen molar-refractivity contribution in [3.05, 3.63) is 53.9 Å². The highest BCUT2D eigenvalue weighted by Gasteiger charge is 2.32. The van der Waals surface area contributed by atoms with Gasteiger partial charge in [0.1, 0.15) is 11.5 Å². The zero-order valence-corrected chi connectivity index (χ0v) is 13.6. The normalized spacial score (nSPS) is 11.3. The van der Waals surface area contributed by atoms with E-state index in [1.54, 1.807) is 30.3 Å². The van der Waals surface area contributed by atoms with Gasteiger partial charge in [0, 0.05) is 16.5 Å². The van der Waals surface area contributed by atoms with Gasteiger partial charge in [-0.2, -0.15) is 13.2 Å². The third-order valence-electron chi connectivity index (χ3n) is 3.63. The van der Waals surface area contributed by atoms with Crippen LogP contribution in [0.5, 0.6) is 0 Å². The number of aromatic nitrogens is 2. The number of nitrogen functional groups attached to an aromatic ring is 1. The molecular formula is C17H15ClF3N3. The molecule has 126 valence electrons. The number of hydrogen-bond acceptors (Lipinski definition) is 3. The van der Waals surface area contributed by atoms with Gasteiger partial charge in [-0.1, -0.05) is 31.2 Å². The Bertz CT molecular complexity index is 879. The molecule has 0 spiro atoms. The van der Waals surface area contributed by atoms with Crippen LogP contribution in [0.15, 0.2) is 42.5 Å². The van der Waals surface area contributed by atoms with Crippen molar-refractivity contribution in [2.75, 3.05) is 5.73 Å². The molecule has 0 aliphatic rings. The summed E-state index contributed by atoms with van der Waals surface area (Å²) in [6.45, 7) is 1.92. The van der Waals surface area contributed by atoms with Gasteiger partial charge in [0.2, 0.25) is 0 Å². The number of benzene rings is 1. The SMILES string of the molecule is CCc1nc(N)ccc1-c1cccc2ccc(C(F)(F)F)nc12.Cl. The van der Waals surface area contributed by atoms with Crippen molar-refractivity contribution in [3.8, 4) is 11.1 Å². The first kappa shape index (κ1) is 18.0. The number of aryl methyl sites for hydroxylation is 1. The zero-order valence-electron chi connectivity index (χ0n) is 12.8. The lowest BCUT2D eigenvalue weighted by atomic mass is 9.99. The molecule has 2 heterocycles. The van der Waals surface area contributed by atoms with Gasteiger partial charge in [-0.05, 0) is 24.6 Å². The third kappa shape index (κ3) is 3.28. The Balaban J connectivity index is 0.00000208. The van der Waals surface area contributed by atoms with Crippen LogP contribution in [0, 0.1) is 0 Å². The van der Waals surface area contributed by atoms with Crippen molar-refractivity contribution >= 4 is 29.1 Å². The number of hydrogen-bond donors (Lipinski definition) is 1. The molecular weight excluding hydrogens is 339 g/mol. The fourth-order valence-electron chi connectivity index (χ4n) is 2.56. The number of rotatable bonds is 2. The molecule has 3 nitrogen and oxygen atoms in total. The number of alkyl halides is 3. The van der Waals surface area contributed by atoms with E-state index in [2.05, 4.69) is 9.97 Å². The average molecular weight is 354 g/mol. The summed E-state index contributed by atoms with van der Waals surface area (Å²) >= 11 is 0. The quantitative estimate of drug-likeness (QED) is 0.714. The van der Waals surface area contributed by atoms with Crippen LogP contribution in [-0.4, -0.2) is 9.97 Å². The van der Waals surface area contributed by atoms with Crippen LogP contribution in [0.1, 0.15) is 18.3 Å². The lowest BCUT2D eigenvalue weighted by molar-refractivity contribution is -0.140. The number of nitrogens with zero attached hydrogens (tertiary/aromatic N) is 2. The molecule has 24 heavy (non-hydrogen) atoms. The Hall–Kier alpha value is -2.34. The highest BCUT2D eigenvalue weighted by Crippen LogP contribution is 2.33. The molecule has 0 saturated carbocycles. The Morgan fingerprint density at radius 2 is 1.71 bits per heavy atom. The number of para-hydroxylation sites is 1. The van der Waals surface area contributed by atoms with Gasteiger partial charge in [-0.15, -0.1) is 12.4 Å². The second-order valence-electron chi connectivity index (χ2n) is 5.16. The Labute approximate surface area is 143 Å². The van der Waals surface area contributed by atoms with Gasteiger partial charge >= 0.3 is 6.18 Å². The summed E-state index contributed by atoms with van der Waals surface area (Å²) in [5, 5.41) is 0.648. The van der Waals surface area contributed by atoms with E-state index in [-0.39, 0.29) is 12.4 Å². The maximum atomic E-state index is 13.0. The summed E-state index contributed by atoms with van der Waals surface area (Å²) in [5.74, 6) is 0.384. The first-order chi connectivity index (χ1) is 10.9. The van der Waals surface area contributed by atoms with Crippen LogP contribution >= 0.6 is 12.4 Å². The Morgan fingerprint density at radius 1 is 0.958 bits per heavy atom. The lowest BCUT2D eigenvalue weighted by Gasteiger charge is -2.12. The van der Waals surface area contributed by atoms with Crippen molar-refractivity contribution in [1.82, 2.24) is 9.97 Å². The van der Waals surface area contributed by atoms with Crippen molar-refractivity contribution in [2.24, 2.45) is 0 Å². The van der Waals surface area contributed by atoms with E-state index in [1.807, 2.05) is 6.92 Å². The highest BCUT2D eigenvalue weighted by molar-refractivity contribution is 5.94. The topological polar surface area (TPSA) is 51.8 Å². The molecule has 0 saturated heterocycles. The summed E-state index contributed by atoms with van der Waals surface area (Å²) in [4.78, 5) is 8.11. The second-order valence-corrected chi connectivity index (χ2v) is 5.16. The molecule has 0 unspecified atom stereocenters. The van der Waals surface area contributed by atoms with E-state index < -0.39 is 11.9 Å². The summed E-state index contributed by atoms with van der Waals surface area (Å²) in [6.07, 6.45) is -3.86. The maximum absolute atomic E-state index is 13.0. The fraction of sp³-hybridized carbons (Fsp3) is 0.176. The molecule has 7 heteroatoms. The smallest absolute Gasteiger partial charge is 0.384 e. The minimum Gasteiger partial charge on any atom is -0.384 e. The van der Waals surface area contributed by atoms with Gasteiger partial charge in [-0.3, -0.25) is 0 Å². The Kier molecular flexibility index (Phi) is 4.99. The van der Waals surface area contributed by atoms with Crippen LogP contribution in [0.25, 0.3) is 22.0 Å². The molecule has 0 radical (unpaired) electrons. The number of anilines is 1. The maximum Gasteiger partial charge on any atom is 0.433 e. The average Bonchev–Trinajstić information content (AvgIpc) is 2.53. The fourth-order valence-corrected chi connectivity index (χ4v) is 2.56. The first-order valence-electron chi connectivity index (χ1n) is 7.13. The van der Waals surface area contributed by atoms with E-state index in [1.165, 1.54) is 6.07 Å². The van der Waals surface area contributed by atoms with E-state index in [0.29, 0.717) is 28.7 Å². The monoisotopic (exact) mass is 353 g/mol. The molecule has 2 N–H and O–H groups in total. The molecule has 3 aromatic rings. The molecule has 1 aromatic carbocycles. The van der Waals surface area contributed by atoms with Gasteiger partial charge in [0.05, 0.1) is 11.2 Å². The number of fused-ring (bicyclic) bond motifs is 1. The number of nitrogens with two attached hydrogens (primary N) is 1. The minimum atomic E-state index is -4.48. The van der Waals surface area contributed by atoms with Gasteiger partial charge in [0.25, 0.3) is 0 Å². The molecule has 0 aliphatic heterocycles. The first-order valence-corrected chi connectivity index (χ1v) is 7.13. The molecule has 0 aliphatic carbocycles. The highest BCUT2D eigenvalue weighted by atomic mass is 35.5. The molecule has 0 atom stereocenters. The molecule has 0 fully saturated rings. The van der Waals surface area contributed by atoms with Gasteiger partial charge < -0.3 is 5.73 Å². The van der Waals surface area contributed by atoms with Crippen LogP contribution in [0.3, 0.4) is 0 Å². The predicted molar refractivity (Wildman–Crippen MR) is 91.0 cm³/mol. The van der Waals surface area contributed by atoms with E-state index in [9.17, 15) is 13.2 Å². The van der Waals surface area contributed by atoms with Crippen molar-refractivity contribution in [1.29, 1.82) is 0 Å². The standard InChI is InChI=1S/C17H14F3N3.ClH/c1-2-13-11(7-9-15(21)22-13)12-5-3-4-10-6-8-14(17(18,19)20)23-16(10)12;/h3-9H,2H2,1H3,(H2,21,22);1H. The largest absolute Gasteiger partial charge is 0.433 e. The summed E-state index contributed by atoms with van der Waals surface area (Å²) < 4.78 is 38.9. The molecule has 3 rings (SSSR count). The van der Waals surface area contributed by atoms with E-state index in [4.69, 9.17) is 5.73 Å². The van der Waals surface area contributed by atoms with Crippen LogP contribution in [-0.2, 0) is 12.6 Å². The number of halogens is 4. The van der Waals surface area contributed by atoms with Crippen LogP contribution in [0.4, 0.5) is 19.0 Å². The third-order valence-corrected chi connectivity index (χ3v) is 3.63. The van der Waals surface area contributed by atoms with Crippen molar-refractivity contribution in [3.63, 3.8) is 0 Å². The summed E-state index contributed by atoms with van der Waals surface area (Å²) in [5.41, 5.74) is 7.21.